The lowest BCUT2D eigenvalue weighted by atomic mass is 10.2. The summed E-state index contributed by atoms with van der Waals surface area (Å²) in [5.41, 5.74) is -0.673. The highest BCUT2D eigenvalue weighted by Crippen LogP contribution is 2.09. The third kappa shape index (κ3) is 4.59. The summed E-state index contributed by atoms with van der Waals surface area (Å²) in [5, 5.41) is 0. The lowest BCUT2D eigenvalue weighted by molar-refractivity contribution is -0.130. The number of imide groups is 1. The van der Waals surface area contributed by atoms with Gasteiger partial charge in [-0.05, 0) is 20.8 Å². The summed E-state index contributed by atoms with van der Waals surface area (Å²) in [7, 11) is 0. The van der Waals surface area contributed by atoms with E-state index in [1.165, 1.54) is 6.92 Å². The van der Waals surface area contributed by atoms with E-state index in [1.807, 2.05) is 0 Å². The maximum Gasteiger partial charge on any atom is 0.417 e. The molecule has 14 heavy (non-hydrogen) atoms. The molecule has 0 heterocycles. The molecule has 0 saturated carbocycles. The summed E-state index contributed by atoms with van der Waals surface area (Å²) in [5.74, 6) is -0.508. The molecular formula is C9H15NO4. The Labute approximate surface area is 83.0 Å². The first-order valence-corrected chi connectivity index (χ1v) is 4.22. The number of hydrogen-bond donors (Lipinski definition) is 0. The van der Waals surface area contributed by atoms with E-state index >= 15 is 0 Å². The molecule has 0 saturated heterocycles. The van der Waals surface area contributed by atoms with Gasteiger partial charge in [-0.15, -0.1) is 0 Å². The molecule has 0 atom stereocenters. The van der Waals surface area contributed by atoms with Crippen molar-refractivity contribution in [2.24, 2.45) is 0 Å². The highest BCUT2D eigenvalue weighted by molar-refractivity contribution is 5.92. The maximum absolute atomic E-state index is 11.3. The molecular weight excluding hydrogens is 186 g/mol. The Balaban J connectivity index is 4.45. The van der Waals surface area contributed by atoms with Gasteiger partial charge in [-0.1, -0.05) is 0 Å². The van der Waals surface area contributed by atoms with E-state index in [4.69, 9.17) is 4.74 Å². The SMILES string of the molecule is CC(=O)N(CC=O)C(=O)OC(C)(C)C. The Morgan fingerprint density at radius 2 is 1.86 bits per heavy atom. The molecule has 5 heteroatoms. The van der Waals surface area contributed by atoms with Gasteiger partial charge in [-0.3, -0.25) is 4.79 Å². The molecule has 0 aromatic rings. The molecule has 0 aliphatic heterocycles. The minimum Gasteiger partial charge on any atom is -0.443 e. The zero-order chi connectivity index (χ0) is 11.4. The predicted octanol–water partition coefficient (Wildman–Crippen LogP) is 0.969. The molecule has 0 bridgehead atoms. The fourth-order valence-electron chi connectivity index (χ4n) is 0.723. The van der Waals surface area contributed by atoms with E-state index < -0.39 is 17.6 Å². The molecule has 0 aromatic carbocycles. The molecule has 0 unspecified atom stereocenters. The van der Waals surface area contributed by atoms with Crippen LogP contribution < -0.4 is 0 Å². The second-order valence-electron chi connectivity index (χ2n) is 3.78. The van der Waals surface area contributed by atoms with Gasteiger partial charge in [-0.2, -0.15) is 0 Å². The molecule has 2 amide bonds. The summed E-state index contributed by atoms with van der Waals surface area (Å²) >= 11 is 0. The lowest BCUT2D eigenvalue weighted by Gasteiger charge is -2.24. The van der Waals surface area contributed by atoms with Crippen LogP contribution in [0.1, 0.15) is 27.7 Å². The van der Waals surface area contributed by atoms with E-state index in [0.717, 1.165) is 4.90 Å². The number of carbonyl (C=O) groups excluding carboxylic acids is 3. The second kappa shape index (κ2) is 4.74. The van der Waals surface area contributed by atoms with Crippen LogP contribution in [0.3, 0.4) is 0 Å². The fraction of sp³-hybridized carbons (Fsp3) is 0.667. The van der Waals surface area contributed by atoms with E-state index in [-0.39, 0.29) is 6.54 Å². The summed E-state index contributed by atoms with van der Waals surface area (Å²) in [6, 6.07) is 0. The number of aldehydes is 1. The van der Waals surface area contributed by atoms with Gasteiger partial charge in [0.1, 0.15) is 11.9 Å². The minimum absolute atomic E-state index is 0.274. The van der Waals surface area contributed by atoms with Crippen LogP contribution in [-0.2, 0) is 14.3 Å². The summed E-state index contributed by atoms with van der Waals surface area (Å²) in [6.07, 6.45) is -0.317. The topological polar surface area (TPSA) is 63.7 Å². The number of amides is 2. The first-order valence-electron chi connectivity index (χ1n) is 4.22. The molecule has 0 spiro atoms. The Bertz CT molecular complexity index is 242. The van der Waals surface area contributed by atoms with Gasteiger partial charge in [0.05, 0.1) is 6.54 Å². The smallest absolute Gasteiger partial charge is 0.417 e. The Morgan fingerprint density at radius 1 is 1.36 bits per heavy atom. The Kier molecular flexibility index (Phi) is 4.27. The normalized spacial score (nSPS) is 10.6. The molecule has 0 aromatic heterocycles. The van der Waals surface area contributed by atoms with Gasteiger partial charge in [0.2, 0.25) is 5.91 Å². The standard InChI is InChI=1S/C9H15NO4/c1-7(12)10(5-6-11)8(13)14-9(2,3)4/h6H,5H2,1-4H3. The van der Waals surface area contributed by atoms with E-state index in [2.05, 4.69) is 0 Å². The predicted molar refractivity (Wildman–Crippen MR) is 49.7 cm³/mol. The van der Waals surface area contributed by atoms with Crippen LogP contribution in [0.2, 0.25) is 0 Å². The van der Waals surface area contributed by atoms with Gasteiger partial charge in [0, 0.05) is 6.92 Å². The minimum atomic E-state index is -0.794. The van der Waals surface area contributed by atoms with Gasteiger partial charge < -0.3 is 9.53 Å². The molecule has 0 radical (unpaired) electrons. The molecule has 0 aliphatic carbocycles. The van der Waals surface area contributed by atoms with Crippen LogP contribution in [0.4, 0.5) is 4.79 Å². The average molecular weight is 201 g/mol. The number of hydrogen-bond acceptors (Lipinski definition) is 4. The van der Waals surface area contributed by atoms with Crippen LogP contribution in [0.25, 0.3) is 0 Å². The highest BCUT2D eigenvalue weighted by Gasteiger charge is 2.24. The number of rotatable bonds is 2. The molecule has 0 aliphatic rings. The quantitative estimate of drug-likeness (QED) is 0.624. The number of nitrogens with zero attached hydrogens (tertiary/aromatic N) is 1. The molecule has 0 fully saturated rings. The first-order chi connectivity index (χ1) is 6.28. The van der Waals surface area contributed by atoms with Gasteiger partial charge >= 0.3 is 6.09 Å². The van der Waals surface area contributed by atoms with Gasteiger partial charge in [-0.25, -0.2) is 9.69 Å². The van der Waals surface area contributed by atoms with Crippen molar-refractivity contribution in [2.45, 2.75) is 33.3 Å². The summed E-state index contributed by atoms with van der Waals surface area (Å²) in [4.78, 5) is 33.2. The van der Waals surface area contributed by atoms with Crippen LogP contribution in [0, 0.1) is 0 Å². The van der Waals surface area contributed by atoms with E-state index in [9.17, 15) is 14.4 Å². The monoisotopic (exact) mass is 201 g/mol. The zero-order valence-corrected chi connectivity index (χ0v) is 8.86. The third-order valence-electron chi connectivity index (χ3n) is 1.25. The van der Waals surface area contributed by atoms with Gasteiger partial charge in [0.25, 0.3) is 0 Å². The number of ether oxygens (including phenoxy) is 1. The second-order valence-corrected chi connectivity index (χ2v) is 3.78. The summed E-state index contributed by atoms with van der Waals surface area (Å²) < 4.78 is 4.92. The van der Waals surface area contributed by atoms with E-state index in [0.29, 0.717) is 6.29 Å². The van der Waals surface area contributed by atoms with Crippen LogP contribution in [0.15, 0.2) is 0 Å². The van der Waals surface area contributed by atoms with Crippen molar-refractivity contribution in [3.05, 3.63) is 0 Å². The third-order valence-corrected chi connectivity index (χ3v) is 1.25. The Hall–Kier alpha value is -1.39. The van der Waals surface area contributed by atoms with Crippen molar-refractivity contribution < 1.29 is 19.1 Å². The fourth-order valence-corrected chi connectivity index (χ4v) is 0.723. The molecule has 0 N–H and O–H groups in total. The van der Waals surface area contributed by atoms with Crippen molar-refractivity contribution >= 4 is 18.3 Å². The zero-order valence-electron chi connectivity index (χ0n) is 8.86. The summed E-state index contributed by atoms with van der Waals surface area (Å²) in [6.45, 7) is 5.98. The van der Waals surface area contributed by atoms with Crippen LogP contribution in [-0.4, -0.2) is 35.3 Å². The van der Waals surface area contributed by atoms with Crippen molar-refractivity contribution in [2.75, 3.05) is 6.54 Å². The average Bonchev–Trinajstić information content (AvgIpc) is 1.95. The van der Waals surface area contributed by atoms with E-state index in [1.54, 1.807) is 20.8 Å². The molecule has 0 rings (SSSR count). The van der Waals surface area contributed by atoms with Crippen LogP contribution >= 0.6 is 0 Å². The van der Waals surface area contributed by atoms with Crippen molar-refractivity contribution in [3.63, 3.8) is 0 Å². The number of carbonyl (C=O) groups is 3. The van der Waals surface area contributed by atoms with Crippen molar-refractivity contribution in [1.29, 1.82) is 0 Å². The largest absolute Gasteiger partial charge is 0.443 e. The van der Waals surface area contributed by atoms with Gasteiger partial charge in [0.15, 0.2) is 0 Å². The highest BCUT2D eigenvalue weighted by atomic mass is 16.6. The lowest BCUT2D eigenvalue weighted by Crippen LogP contribution is -2.40. The molecule has 80 valence electrons. The molecule has 5 nitrogen and oxygen atoms in total. The van der Waals surface area contributed by atoms with Crippen LogP contribution in [0.5, 0.6) is 0 Å². The maximum atomic E-state index is 11.3. The Morgan fingerprint density at radius 3 is 2.14 bits per heavy atom. The van der Waals surface area contributed by atoms with Crippen molar-refractivity contribution in [1.82, 2.24) is 4.90 Å². The first kappa shape index (κ1) is 12.6. The van der Waals surface area contributed by atoms with Crippen molar-refractivity contribution in [3.8, 4) is 0 Å².